The minimum Gasteiger partial charge on any atom is -0.497 e. The van der Waals surface area contributed by atoms with Gasteiger partial charge in [-0.2, -0.15) is 0 Å². The van der Waals surface area contributed by atoms with Crippen LogP contribution in [0.4, 0.5) is 10.5 Å². The van der Waals surface area contributed by atoms with E-state index < -0.39 is 0 Å². The molecule has 0 aliphatic carbocycles. The highest BCUT2D eigenvalue weighted by molar-refractivity contribution is 5.95. The zero-order chi connectivity index (χ0) is 20.6. The molecule has 1 heterocycles. The molecule has 0 N–H and O–H groups in total. The first-order valence-corrected chi connectivity index (χ1v) is 10.0. The van der Waals surface area contributed by atoms with Gasteiger partial charge in [0.15, 0.2) is 0 Å². The van der Waals surface area contributed by atoms with Crippen LogP contribution in [0, 0.1) is 5.92 Å². The quantitative estimate of drug-likeness (QED) is 0.738. The summed E-state index contributed by atoms with van der Waals surface area (Å²) in [5, 5.41) is 0. The Bertz CT molecular complexity index is 799. The van der Waals surface area contributed by atoms with Gasteiger partial charge in [0.2, 0.25) is 5.91 Å². The van der Waals surface area contributed by atoms with Gasteiger partial charge in [0.05, 0.1) is 7.11 Å². The highest BCUT2D eigenvalue weighted by Gasteiger charge is 2.31. The number of carbonyl (C=O) groups excluding carboxylic acids is 2. The van der Waals surface area contributed by atoms with Crippen molar-refractivity contribution in [3.63, 3.8) is 0 Å². The van der Waals surface area contributed by atoms with Gasteiger partial charge in [-0.05, 0) is 49.6 Å². The molecule has 3 rings (SSSR count). The van der Waals surface area contributed by atoms with Crippen LogP contribution in [-0.4, -0.2) is 43.6 Å². The van der Waals surface area contributed by atoms with Gasteiger partial charge in [0.1, 0.15) is 12.4 Å². The number of benzene rings is 2. The smallest absolute Gasteiger partial charge is 0.410 e. The van der Waals surface area contributed by atoms with E-state index in [9.17, 15) is 9.59 Å². The van der Waals surface area contributed by atoms with Gasteiger partial charge in [0, 0.05) is 31.2 Å². The average Bonchev–Trinajstić information content (AvgIpc) is 2.79. The van der Waals surface area contributed by atoms with Gasteiger partial charge in [0.25, 0.3) is 0 Å². The van der Waals surface area contributed by atoms with Crippen molar-refractivity contribution >= 4 is 17.7 Å². The van der Waals surface area contributed by atoms with E-state index in [-0.39, 0.29) is 24.5 Å². The molecule has 0 atom stereocenters. The summed E-state index contributed by atoms with van der Waals surface area (Å²) in [6.45, 7) is 3.90. The van der Waals surface area contributed by atoms with Crippen LogP contribution in [0.25, 0.3) is 0 Å². The molecule has 0 radical (unpaired) electrons. The minimum absolute atomic E-state index is 0.0878. The average molecular weight is 396 g/mol. The highest BCUT2D eigenvalue weighted by atomic mass is 16.6. The first-order chi connectivity index (χ1) is 14.1. The van der Waals surface area contributed by atoms with Gasteiger partial charge in [-0.3, -0.25) is 4.79 Å². The largest absolute Gasteiger partial charge is 0.497 e. The van der Waals surface area contributed by atoms with Crippen LogP contribution >= 0.6 is 0 Å². The van der Waals surface area contributed by atoms with Crippen LogP contribution in [0.15, 0.2) is 54.6 Å². The predicted octanol–water partition coefficient (Wildman–Crippen LogP) is 4.10. The molecular weight excluding hydrogens is 368 g/mol. The van der Waals surface area contributed by atoms with Crippen LogP contribution in [0.1, 0.15) is 25.3 Å². The molecule has 0 unspecified atom stereocenters. The molecule has 1 aliphatic heterocycles. The Morgan fingerprint density at radius 3 is 2.28 bits per heavy atom. The van der Waals surface area contributed by atoms with Crippen molar-refractivity contribution in [3.05, 3.63) is 60.2 Å². The molecule has 0 bridgehead atoms. The van der Waals surface area contributed by atoms with Gasteiger partial charge >= 0.3 is 6.09 Å². The van der Waals surface area contributed by atoms with Crippen LogP contribution in [0.2, 0.25) is 0 Å². The lowest BCUT2D eigenvalue weighted by Gasteiger charge is -2.33. The summed E-state index contributed by atoms with van der Waals surface area (Å²) >= 11 is 0. The van der Waals surface area contributed by atoms with E-state index in [1.54, 1.807) is 16.9 Å². The molecule has 1 fully saturated rings. The standard InChI is InChI=1S/C23H28N2O4/c1-3-25(20-9-11-21(28-2)12-10-20)22(26)19-13-15-24(16-14-19)23(27)29-17-18-7-5-4-6-8-18/h4-12,19H,3,13-17H2,1-2H3. The second-order valence-electron chi connectivity index (χ2n) is 7.08. The lowest BCUT2D eigenvalue weighted by atomic mass is 9.95. The Morgan fingerprint density at radius 2 is 1.69 bits per heavy atom. The number of carbonyl (C=O) groups is 2. The second kappa shape index (κ2) is 9.96. The zero-order valence-corrected chi connectivity index (χ0v) is 17.0. The van der Waals surface area contributed by atoms with E-state index in [0.29, 0.717) is 32.5 Å². The maximum absolute atomic E-state index is 13.0. The number of amides is 2. The summed E-state index contributed by atoms with van der Waals surface area (Å²) in [5.74, 6) is 0.782. The monoisotopic (exact) mass is 396 g/mol. The van der Waals surface area contributed by atoms with E-state index in [0.717, 1.165) is 17.0 Å². The van der Waals surface area contributed by atoms with Crippen molar-refractivity contribution in [2.24, 2.45) is 5.92 Å². The van der Waals surface area contributed by atoms with Crippen LogP contribution in [0.3, 0.4) is 0 Å². The van der Waals surface area contributed by atoms with E-state index >= 15 is 0 Å². The van der Waals surface area contributed by atoms with Crippen molar-refractivity contribution in [3.8, 4) is 5.75 Å². The fraction of sp³-hybridized carbons (Fsp3) is 0.391. The van der Waals surface area contributed by atoms with Gasteiger partial charge < -0.3 is 19.3 Å². The first kappa shape index (κ1) is 20.7. The molecule has 2 aromatic rings. The second-order valence-corrected chi connectivity index (χ2v) is 7.08. The number of rotatable bonds is 6. The number of methoxy groups -OCH3 is 1. The maximum Gasteiger partial charge on any atom is 0.410 e. The number of hydrogen-bond donors (Lipinski definition) is 0. The van der Waals surface area contributed by atoms with Gasteiger partial charge in [-0.25, -0.2) is 4.79 Å². The maximum atomic E-state index is 13.0. The Labute approximate surface area is 172 Å². The summed E-state index contributed by atoms with van der Waals surface area (Å²) in [7, 11) is 1.62. The molecule has 0 aromatic heterocycles. The Hall–Kier alpha value is -3.02. The molecular formula is C23H28N2O4. The number of anilines is 1. The lowest BCUT2D eigenvalue weighted by molar-refractivity contribution is -0.123. The number of hydrogen-bond acceptors (Lipinski definition) is 4. The van der Waals surface area contributed by atoms with Crippen molar-refractivity contribution in [2.45, 2.75) is 26.4 Å². The van der Waals surface area contributed by atoms with Gasteiger partial charge in [-0.15, -0.1) is 0 Å². The molecule has 0 saturated carbocycles. The van der Waals surface area contributed by atoms with Crippen LogP contribution < -0.4 is 9.64 Å². The molecule has 2 aromatic carbocycles. The summed E-state index contributed by atoms with van der Waals surface area (Å²) in [6, 6.07) is 17.1. The Kier molecular flexibility index (Phi) is 7.11. The summed E-state index contributed by atoms with van der Waals surface area (Å²) in [4.78, 5) is 28.8. The molecule has 154 valence electrons. The van der Waals surface area contributed by atoms with E-state index in [4.69, 9.17) is 9.47 Å². The SMILES string of the molecule is CCN(C(=O)C1CCN(C(=O)OCc2ccccc2)CC1)c1ccc(OC)cc1. The number of likely N-dealkylation sites (tertiary alicyclic amines) is 1. The third kappa shape index (κ3) is 5.28. The van der Waals surface area contributed by atoms with E-state index in [1.165, 1.54) is 0 Å². The predicted molar refractivity (Wildman–Crippen MR) is 112 cm³/mol. The third-order valence-electron chi connectivity index (χ3n) is 5.27. The molecule has 1 saturated heterocycles. The first-order valence-electron chi connectivity index (χ1n) is 10.0. The molecule has 6 heteroatoms. The van der Waals surface area contributed by atoms with E-state index in [2.05, 4.69) is 0 Å². The topological polar surface area (TPSA) is 59.1 Å². The van der Waals surface area contributed by atoms with Crippen molar-refractivity contribution in [1.82, 2.24) is 4.90 Å². The summed E-state index contributed by atoms with van der Waals surface area (Å²) in [5.41, 5.74) is 1.83. The highest BCUT2D eigenvalue weighted by Crippen LogP contribution is 2.25. The molecule has 29 heavy (non-hydrogen) atoms. The third-order valence-corrected chi connectivity index (χ3v) is 5.27. The summed E-state index contributed by atoms with van der Waals surface area (Å²) < 4.78 is 10.6. The summed E-state index contributed by atoms with van der Waals surface area (Å²) in [6.07, 6.45) is 0.972. The lowest BCUT2D eigenvalue weighted by Crippen LogP contribution is -2.44. The van der Waals surface area contributed by atoms with Crippen LogP contribution in [-0.2, 0) is 16.1 Å². The molecule has 1 aliphatic rings. The Balaban J connectivity index is 1.51. The minimum atomic E-state index is -0.317. The normalized spacial score (nSPS) is 14.3. The van der Waals surface area contributed by atoms with Crippen molar-refractivity contribution in [2.75, 3.05) is 31.6 Å². The van der Waals surface area contributed by atoms with Crippen molar-refractivity contribution < 1.29 is 19.1 Å². The number of piperidine rings is 1. The molecule has 6 nitrogen and oxygen atoms in total. The fourth-order valence-corrected chi connectivity index (χ4v) is 3.57. The molecule has 2 amide bonds. The zero-order valence-electron chi connectivity index (χ0n) is 17.0. The number of ether oxygens (including phenoxy) is 2. The number of nitrogens with zero attached hydrogens (tertiary/aromatic N) is 2. The van der Waals surface area contributed by atoms with Crippen molar-refractivity contribution in [1.29, 1.82) is 0 Å². The Morgan fingerprint density at radius 1 is 1.03 bits per heavy atom. The van der Waals surface area contributed by atoms with E-state index in [1.807, 2.05) is 61.5 Å². The molecule has 0 spiro atoms. The van der Waals surface area contributed by atoms with Gasteiger partial charge in [-0.1, -0.05) is 30.3 Å². The van der Waals surface area contributed by atoms with Crippen LogP contribution in [0.5, 0.6) is 5.75 Å². The fourth-order valence-electron chi connectivity index (χ4n) is 3.57.